The topological polar surface area (TPSA) is 74.2 Å². The molecule has 0 saturated carbocycles. The summed E-state index contributed by atoms with van der Waals surface area (Å²) in [7, 11) is 0. The lowest BCUT2D eigenvalue weighted by atomic mass is 9.97. The van der Waals surface area contributed by atoms with Crippen LogP contribution in [0, 0.1) is 19.7 Å². The van der Waals surface area contributed by atoms with E-state index in [0.717, 1.165) is 22.3 Å². The number of nitrogens with zero attached hydrogens (tertiary/aromatic N) is 4. The van der Waals surface area contributed by atoms with Crippen LogP contribution < -0.4 is 10.2 Å². The van der Waals surface area contributed by atoms with Crippen molar-refractivity contribution >= 4 is 22.4 Å². The zero-order chi connectivity index (χ0) is 20.1. The van der Waals surface area contributed by atoms with Crippen LogP contribution in [0.15, 0.2) is 30.5 Å². The molecule has 1 atom stereocenters. The molecule has 0 aliphatic carbocycles. The molecule has 1 fully saturated rings. The zero-order valence-corrected chi connectivity index (χ0v) is 16.5. The molecule has 2 aromatic heterocycles. The number of halogens is 1. The number of benzene rings is 1. The van der Waals surface area contributed by atoms with Crippen molar-refractivity contribution in [2.75, 3.05) is 23.3 Å². The highest BCUT2D eigenvalue weighted by molar-refractivity contribution is 5.94. The molecule has 0 spiro atoms. The smallest absolute Gasteiger partial charge is 0.157 e. The van der Waals surface area contributed by atoms with Crippen molar-refractivity contribution in [2.24, 2.45) is 0 Å². The van der Waals surface area contributed by atoms with Crippen LogP contribution in [-0.4, -0.2) is 39.0 Å². The maximum Gasteiger partial charge on any atom is 0.157 e. The molecule has 0 amide bonds. The summed E-state index contributed by atoms with van der Waals surface area (Å²) in [6.45, 7) is 8.43. The van der Waals surface area contributed by atoms with Gasteiger partial charge >= 0.3 is 0 Å². The number of aliphatic hydroxyl groups is 1. The van der Waals surface area contributed by atoms with E-state index in [0.29, 0.717) is 30.0 Å². The van der Waals surface area contributed by atoms with Gasteiger partial charge in [0.1, 0.15) is 11.6 Å². The molecule has 1 aliphatic rings. The van der Waals surface area contributed by atoms with E-state index in [9.17, 15) is 9.50 Å². The van der Waals surface area contributed by atoms with Crippen molar-refractivity contribution in [3.05, 3.63) is 53.1 Å². The normalized spacial score (nSPS) is 16.7. The number of aromatic nitrogens is 3. The Hall–Kier alpha value is -2.80. The first-order chi connectivity index (χ1) is 13.2. The number of nitrogens with one attached hydrogen (secondary N) is 1. The predicted octanol–water partition coefficient (Wildman–Crippen LogP) is 3.52. The molecule has 1 aromatic carbocycles. The molecule has 7 heteroatoms. The van der Waals surface area contributed by atoms with Gasteiger partial charge in [-0.3, -0.25) is 0 Å². The summed E-state index contributed by atoms with van der Waals surface area (Å²) in [5.41, 5.74) is 1.30. The van der Waals surface area contributed by atoms with Gasteiger partial charge in [-0.15, -0.1) is 5.10 Å². The van der Waals surface area contributed by atoms with Crippen molar-refractivity contribution in [3.8, 4) is 0 Å². The number of hydrogen-bond acceptors (Lipinski definition) is 6. The van der Waals surface area contributed by atoms with E-state index in [-0.39, 0.29) is 11.9 Å². The summed E-state index contributed by atoms with van der Waals surface area (Å²) in [6, 6.07) is 7.06. The highest BCUT2D eigenvalue weighted by atomic mass is 19.1. The maximum absolute atomic E-state index is 14.5. The molecule has 146 valence electrons. The van der Waals surface area contributed by atoms with E-state index < -0.39 is 5.60 Å². The maximum atomic E-state index is 14.5. The van der Waals surface area contributed by atoms with Crippen molar-refractivity contribution in [1.29, 1.82) is 0 Å². The van der Waals surface area contributed by atoms with Crippen LogP contribution in [0.3, 0.4) is 0 Å². The Bertz CT molecular complexity index is 1040. The van der Waals surface area contributed by atoms with Crippen molar-refractivity contribution in [1.82, 2.24) is 15.2 Å². The number of anilines is 2. The SMILES string of the molecule is Cc1cccc([C@@H](C)Nc2nnc(C)c3cnc(N4CC(C)(O)C4)cc23)c1F. The summed E-state index contributed by atoms with van der Waals surface area (Å²) in [5, 5.41) is 23.6. The van der Waals surface area contributed by atoms with Crippen molar-refractivity contribution < 1.29 is 9.50 Å². The van der Waals surface area contributed by atoms with Crippen molar-refractivity contribution in [3.63, 3.8) is 0 Å². The monoisotopic (exact) mass is 381 g/mol. The van der Waals surface area contributed by atoms with E-state index in [4.69, 9.17) is 0 Å². The third kappa shape index (κ3) is 3.26. The molecule has 0 bridgehead atoms. The number of β-amino-alcohol motifs (C(OH)–C–C–N with tert-alkyl or cyclic N) is 1. The molecule has 0 radical (unpaired) electrons. The summed E-state index contributed by atoms with van der Waals surface area (Å²) < 4.78 is 14.5. The van der Waals surface area contributed by atoms with E-state index in [2.05, 4.69) is 20.5 Å². The van der Waals surface area contributed by atoms with Gasteiger partial charge in [0.05, 0.1) is 17.3 Å². The molecule has 4 rings (SSSR count). The van der Waals surface area contributed by atoms with Crippen LogP contribution in [0.5, 0.6) is 0 Å². The molecule has 3 aromatic rings. The van der Waals surface area contributed by atoms with Crippen molar-refractivity contribution in [2.45, 2.75) is 39.3 Å². The minimum atomic E-state index is -0.679. The van der Waals surface area contributed by atoms with Crippen LogP contribution >= 0.6 is 0 Å². The molecule has 6 nitrogen and oxygen atoms in total. The number of pyridine rings is 1. The molecule has 2 N–H and O–H groups in total. The Kier molecular flexibility index (Phi) is 4.42. The minimum absolute atomic E-state index is 0.211. The van der Waals surface area contributed by atoms with E-state index in [1.54, 1.807) is 25.3 Å². The number of rotatable bonds is 4. The largest absolute Gasteiger partial charge is 0.386 e. The Morgan fingerprint density at radius 2 is 1.96 bits per heavy atom. The zero-order valence-electron chi connectivity index (χ0n) is 16.5. The first-order valence-corrected chi connectivity index (χ1v) is 9.37. The molecular weight excluding hydrogens is 357 g/mol. The first-order valence-electron chi connectivity index (χ1n) is 9.37. The average molecular weight is 381 g/mol. The quantitative estimate of drug-likeness (QED) is 0.720. The number of hydrogen-bond donors (Lipinski definition) is 2. The first kappa shape index (κ1) is 18.6. The Labute approximate surface area is 163 Å². The van der Waals surface area contributed by atoms with Crippen LogP contribution in [0.1, 0.15) is 36.7 Å². The Morgan fingerprint density at radius 1 is 1.21 bits per heavy atom. The van der Waals surface area contributed by atoms with Gasteiger partial charge in [-0.05, 0) is 39.3 Å². The highest BCUT2D eigenvalue weighted by Gasteiger charge is 2.37. The fourth-order valence-corrected chi connectivity index (χ4v) is 3.67. The second-order valence-electron chi connectivity index (χ2n) is 7.92. The summed E-state index contributed by atoms with van der Waals surface area (Å²) in [6.07, 6.45) is 1.78. The second kappa shape index (κ2) is 6.67. The van der Waals surface area contributed by atoms with Gasteiger partial charge in [-0.1, -0.05) is 18.2 Å². The molecule has 1 saturated heterocycles. The summed E-state index contributed by atoms with van der Waals surface area (Å²) in [4.78, 5) is 6.54. The van der Waals surface area contributed by atoms with Gasteiger partial charge in [-0.25, -0.2) is 9.37 Å². The van der Waals surface area contributed by atoms with Gasteiger partial charge in [0.15, 0.2) is 5.82 Å². The number of aryl methyl sites for hydroxylation is 2. The van der Waals surface area contributed by atoms with Gasteiger partial charge in [0, 0.05) is 35.6 Å². The van der Waals surface area contributed by atoms with Gasteiger partial charge in [0.2, 0.25) is 0 Å². The fourth-order valence-electron chi connectivity index (χ4n) is 3.67. The molecule has 3 heterocycles. The van der Waals surface area contributed by atoms with Crippen LogP contribution in [-0.2, 0) is 0 Å². The Balaban J connectivity index is 1.70. The summed E-state index contributed by atoms with van der Waals surface area (Å²) >= 11 is 0. The van der Waals surface area contributed by atoms with Gasteiger partial charge in [0.25, 0.3) is 0 Å². The van der Waals surface area contributed by atoms with E-state index in [1.807, 2.05) is 37.8 Å². The molecule has 28 heavy (non-hydrogen) atoms. The summed E-state index contributed by atoms with van der Waals surface area (Å²) in [5.74, 6) is 1.16. The van der Waals surface area contributed by atoms with Gasteiger partial charge in [-0.2, -0.15) is 5.10 Å². The Morgan fingerprint density at radius 3 is 2.68 bits per heavy atom. The predicted molar refractivity (Wildman–Crippen MR) is 108 cm³/mol. The number of fused-ring (bicyclic) bond motifs is 1. The lowest BCUT2D eigenvalue weighted by Gasteiger charge is -2.45. The standard InChI is InChI=1S/C21H24FN5O/c1-12-6-5-7-15(19(12)22)13(2)24-20-16-8-18(27-10-21(4,28)11-27)23-9-17(16)14(3)25-26-20/h5-9,13,28H,10-11H2,1-4H3,(H,24,26)/t13-/m1/s1. The van der Waals surface area contributed by atoms with Crippen LogP contribution in [0.25, 0.3) is 10.8 Å². The second-order valence-corrected chi connectivity index (χ2v) is 7.92. The van der Waals surface area contributed by atoms with E-state index >= 15 is 0 Å². The molecule has 1 aliphatic heterocycles. The fraction of sp³-hybridized carbons (Fsp3) is 0.381. The lowest BCUT2D eigenvalue weighted by molar-refractivity contribution is 0.0305. The third-order valence-corrected chi connectivity index (χ3v) is 5.26. The highest BCUT2D eigenvalue weighted by Crippen LogP contribution is 2.32. The average Bonchev–Trinajstić information content (AvgIpc) is 2.64. The van der Waals surface area contributed by atoms with E-state index in [1.165, 1.54) is 0 Å². The van der Waals surface area contributed by atoms with Crippen LogP contribution in [0.4, 0.5) is 16.0 Å². The minimum Gasteiger partial charge on any atom is -0.386 e. The lowest BCUT2D eigenvalue weighted by Crippen LogP contribution is -2.60. The van der Waals surface area contributed by atoms with Crippen LogP contribution in [0.2, 0.25) is 0 Å². The van der Waals surface area contributed by atoms with Gasteiger partial charge < -0.3 is 15.3 Å². The third-order valence-electron chi connectivity index (χ3n) is 5.26. The molecular formula is C21H24FN5O. The molecule has 0 unspecified atom stereocenters.